The number of carboxylic acids is 1. The highest BCUT2D eigenvalue weighted by atomic mass is 19.1. The molecule has 0 saturated carbocycles. The monoisotopic (exact) mass is 262 g/mol. The van der Waals surface area contributed by atoms with Crippen LogP contribution in [0.25, 0.3) is 0 Å². The Kier molecular flexibility index (Phi) is 3.41. The van der Waals surface area contributed by atoms with Gasteiger partial charge in [-0.05, 0) is 30.7 Å². The maximum atomic E-state index is 13.5. The van der Waals surface area contributed by atoms with Gasteiger partial charge in [-0.15, -0.1) is 0 Å². The van der Waals surface area contributed by atoms with Crippen LogP contribution in [0.2, 0.25) is 0 Å². The highest BCUT2D eigenvalue weighted by Gasteiger charge is 2.11. The van der Waals surface area contributed by atoms with Crippen molar-refractivity contribution >= 4 is 5.97 Å². The van der Waals surface area contributed by atoms with E-state index in [0.717, 1.165) is 6.07 Å². The third kappa shape index (κ3) is 2.85. The largest absolute Gasteiger partial charge is 0.478 e. The van der Waals surface area contributed by atoms with Crippen LogP contribution in [0.5, 0.6) is 0 Å². The highest BCUT2D eigenvalue weighted by molar-refractivity contribution is 5.87. The van der Waals surface area contributed by atoms with Crippen molar-refractivity contribution in [3.8, 4) is 0 Å². The third-order valence-corrected chi connectivity index (χ3v) is 2.60. The van der Waals surface area contributed by atoms with Gasteiger partial charge in [0.15, 0.2) is 0 Å². The molecule has 6 heteroatoms. The molecule has 1 aromatic heterocycles. The number of aryl methyl sites for hydroxylation is 1. The molecule has 2 aromatic rings. The zero-order valence-corrected chi connectivity index (χ0v) is 10.1. The number of aromatic carboxylic acids is 1. The quantitative estimate of drug-likeness (QED) is 0.908. The topological polar surface area (TPSA) is 72.2 Å². The van der Waals surface area contributed by atoms with E-state index in [-0.39, 0.29) is 12.1 Å². The molecule has 0 radical (unpaired) electrons. The minimum absolute atomic E-state index is 0.0946. The predicted molar refractivity (Wildman–Crippen MR) is 65.7 cm³/mol. The fourth-order valence-corrected chi connectivity index (χ4v) is 1.67. The van der Waals surface area contributed by atoms with Crippen LogP contribution in [0.4, 0.5) is 4.39 Å². The molecule has 5 nitrogen and oxygen atoms in total. The Morgan fingerprint density at radius 2 is 2.11 bits per heavy atom. The van der Waals surface area contributed by atoms with Gasteiger partial charge in [-0.25, -0.2) is 13.9 Å². The summed E-state index contributed by atoms with van der Waals surface area (Å²) in [6, 6.07) is 6.70. The summed E-state index contributed by atoms with van der Waals surface area (Å²) in [5, 5.41) is 12.7. The van der Waals surface area contributed by atoms with Crippen LogP contribution in [0.15, 0.2) is 35.1 Å². The molecular weight excluding hydrogens is 251 g/mol. The van der Waals surface area contributed by atoms with Crippen LogP contribution in [-0.2, 0) is 6.54 Å². The molecule has 19 heavy (non-hydrogen) atoms. The molecule has 0 spiro atoms. The molecule has 0 aliphatic heterocycles. The number of benzene rings is 1. The van der Waals surface area contributed by atoms with Crippen LogP contribution < -0.4 is 5.56 Å². The molecule has 1 N–H and O–H groups in total. The highest BCUT2D eigenvalue weighted by Crippen LogP contribution is 2.11. The number of aromatic nitrogens is 2. The molecule has 0 amide bonds. The Balaban J connectivity index is 2.34. The van der Waals surface area contributed by atoms with Gasteiger partial charge in [0.25, 0.3) is 5.56 Å². The number of halogens is 1. The second-order valence-electron chi connectivity index (χ2n) is 4.09. The van der Waals surface area contributed by atoms with Crippen LogP contribution in [0.1, 0.15) is 21.6 Å². The Morgan fingerprint density at radius 1 is 1.37 bits per heavy atom. The van der Waals surface area contributed by atoms with Gasteiger partial charge in [-0.2, -0.15) is 5.10 Å². The molecule has 0 atom stereocenters. The lowest BCUT2D eigenvalue weighted by atomic mass is 10.1. The number of carbonyl (C=O) groups is 1. The van der Waals surface area contributed by atoms with E-state index in [0.29, 0.717) is 11.3 Å². The minimum atomic E-state index is -1.32. The fourth-order valence-electron chi connectivity index (χ4n) is 1.67. The van der Waals surface area contributed by atoms with E-state index >= 15 is 0 Å². The van der Waals surface area contributed by atoms with E-state index in [2.05, 4.69) is 5.10 Å². The van der Waals surface area contributed by atoms with E-state index in [4.69, 9.17) is 5.11 Å². The average Bonchev–Trinajstić information content (AvgIpc) is 2.33. The van der Waals surface area contributed by atoms with Gasteiger partial charge in [-0.1, -0.05) is 6.07 Å². The van der Waals surface area contributed by atoms with Crippen molar-refractivity contribution in [3.63, 3.8) is 0 Å². The molecule has 1 aromatic carbocycles. The zero-order chi connectivity index (χ0) is 14.0. The lowest BCUT2D eigenvalue weighted by molar-refractivity contribution is 0.0692. The van der Waals surface area contributed by atoms with E-state index in [1.165, 1.54) is 22.9 Å². The minimum Gasteiger partial charge on any atom is -0.478 e. The smallest absolute Gasteiger partial charge is 0.338 e. The molecule has 2 rings (SSSR count). The normalized spacial score (nSPS) is 10.4. The first-order valence-electron chi connectivity index (χ1n) is 5.54. The fraction of sp³-hybridized carbons (Fsp3) is 0.154. The van der Waals surface area contributed by atoms with Gasteiger partial charge in [0.1, 0.15) is 5.82 Å². The summed E-state index contributed by atoms with van der Waals surface area (Å²) in [5.41, 5.74) is 0.451. The summed E-state index contributed by atoms with van der Waals surface area (Å²) in [5.74, 6) is -2.15. The maximum absolute atomic E-state index is 13.5. The van der Waals surface area contributed by atoms with Crippen LogP contribution in [0, 0.1) is 12.7 Å². The first kappa shape index (κ1) is 12.9. The molecule has 0 fully saturated rings. The summed E-state index contributed by atoms with van der Waals surface area (Å²) in [4.78, 5) is 22.2. The van der Waals surface area contributed by atoms with Gasteiger partial charge < -0.3 is 5.11 Å². The summed E-state index contributed by atoms with van der Waals surface area (Å²) in [6.45, 7) is 1.83. The zero-order valence-electron chi connectivity index (χ0n) is 10.1. The van der Waals surface area contributed by atoms with Gasteiger partial charge in [0.2, 0.25) is 0 Å². The van der Waals surface area contributed by atoms with Crippen molar-refractivity contribution in [1.29, 1.82) is 0 Å². The summed E-state index contributed by atoms with van der Waals surface area (Å²) in [6.07, 6.45) is 0. The van der Waals surface area contributed by atoms with E-state index in [1.54, 1.807) is 13.0 Å². The first-order valence-corrected chi connectivity index (χ1v) is 5.54. The Labute approximate surface area is 107 Å². The molecule has 0 aliphatic rings. The van der Waals surface area contributed by atoms with Gasteiger partial charge in [0, 0.05) is 6.07 Å². The standard InChI is InChI=1S/C13H11FN2O3/c1-8-2-5-12(17)16(15-8)7-9-3-4-10(13(18)19)11(14)6-9/h2-6H,7H2,1H3,(H,18,19). The number of nitrogens with zero attached hydrogens (tertiary/aromatic N) is 2. The van der Waals surface area contributed by atoms with Gasteiger partial charge in [0.05, 0.1) is 17.8 Å². The second kappa shape index (κ2) is 5.01. The average molecular weight is 262 g/mol. The Hall–Kier alpha value is -2.50. The van der Waals surface area contributed by atoms with Gasteiger partial charge >= 0.3 is 5.97 Å². The van der Waals surface area contributed by atoms with E-state index in [1.807, 2.05) is 0 Å². The van der Waals surface area contributed by atoms with Crippen LogP contribution >= 0.6 is 0 Å². The summed E-state index contributed by atoms with van der Waals surface area (Å²) < 4.78 is 14.7. The molecule has 1 heterocycles. The number of carboxylic acid groups (broad SMARTS) is 1. The number of hydrogen-bond donors (Lipinski definition) is 1. The van der Waals surface area contributed by atoms with Crippen molar-refractivity contribution in [2.45, 2.75) is 13.5 Å². The Bertz CT molecular complexity index is 695. The third-order valence-electron chi connectivity index (χ3n) is 2.60. The maximum Gasteiger partial charge on any atom is 0.338 e. The number of rotatable bonds is 3. The molecular formula is C13H11FN2O3. The molecule has 0 bridgehead atoms. The predicted octanol–water partition coefficient (Wildman–Crippen LogP) is 1.44. The van der Waals surface area contributed by atoms with E-state index in [9.17, 15) is 14.0 Å². The molecule has 0 unspecified atom stereocenters. The molecule has 98 valence electrons. The van der Waals surface area contributed by atoms with Crippen molar-refractivity contribution in [2.75, 3.05) is 0 Å². The first-order chi connectivity index (χ1) is 8.97. The SMILES string of the molecule is Cc1ccc(=O)n(Cc2ccc(C(=O)O)c(F)c2)n1. The molecule has 0 aliphatic carbocycles. The second-order valence-corrected chi connectivity index (χ2v) is 4.09. The lowest BCUT2D eigenvalue weighted by Crippen LogP contribution is -2.23. The van der Waals surface area contributed by atoms with Crippen molar-refractivity contribution in [2.24, 2.45) is 0 Å². The van der Waals surface area contributed by atoms with Crippen LogP contribution in [-0.4, -0.2) is 20.9 Å². The summed E-state index contributed by atoms with van der Waals surface area (Å²) >= 11 is 0. The van der Waals surface area contributed by atoms with Crippen LogP contribution in [0.3, 0.4) is 0 Å². The Morgan fingerprint density at radius 3 is 2.74 bits per heavy atom. The van der Waals surface area contributed by atoms with Crippen molar-refractivity contribution in [1.82, 2.24) is 9.78 Å². The lowest BCUT2D eigenvalue weighted by Gasteiger charge is -2.06. The van der Waals surface area contributed by atoms with Crippen molar-refractivity contribution in [3.05, 3.63) is 63.3 Å². The number of hydrogen-bond acceptors (Lipinski definition) is 3. The molecule has 0 saturated heterocycles. The summed E-state index contributed by atoms with van der Waals surface area (Å²) in [7, 11) is 0. The van der Waals surface area contributed by atoms with Gasteiger partial charge in [-0.3, -0.25) is 4.79 Å². The van der Waals surface area contributed by atoms with E-state index < -0.39 is 17.3 Å². The van der Waals surface area contributed by atoms with Crippen molar-refractivity contribution < 1.29 is 14.3 Å².